The standard InChI is InChI=1S/C13H17ClFN/c1-12(15)6-7-13(8-12,9-16)10-2-4-11(14)5-3-10/h2-5H,6-9,16H2,1H3. The first-order valence-corrected chi connectivity index (χ1v) is 6.00. The first-order chi connectivity index (χ1) is 7.47. The van der Waals surface area contributed by atoms with Gasteiger partial charge in [-0.15, -0.1) is 0 Å². The van der Waals surface area contributed by atoms with Crippen LogP contribution in [0.5, 0.6) is 0 Å². The topological polar surface area (TPSA) is 26.0 Å². The summed E-state index contributed by atoms with van der Waals surface area (Å²) in [6, 6.07) is 7.64. The maximum atomic E-state index is 14.0. The maximum Gasteiger partial charge on any atom is 0.109 e. The van der Waals surface area contributed by atoms with Crippen molar-refractivity contribution in [1.29, 1.82) is 0 Å². The van der Waals surface area contributed by atoms with Crippen LogP contribution in [-0.4, -0.2) is 12.2 Å². The van der Waals surface area contributed by atoms with Crippen LogP contribution in [0.2, 0.25) is 5.02 Å². The molecule has 0 saturated heterocycles. The van der Waals surface area contributed by atoms with E-state index in [9.17, 15) is 4.39 Å². The Labute approximate surface area is 101 Å². The SMILES string of the molecule is CC1(F)CCC(CN)(c2ccc(Cl)cc2)C1. The summed E-state index contributed by atoms with van der Waals surface area (Å²) in [5.41, 5.74) is 5.69. The van der Waals surface area contributed by atoms with Crippen molar-refractivity contribution in [1.82, 2.24) is 0 Å². The molecule has 0 heterocycles. The van der Waals surface area contributed by atoms with E-state index in [0.29, 0.717) is 24.4 Å². The summed E-state index contributed by atoms with van der Waals surface area (Å²) in [7, 11) is 0. The Hall–Kier alpha value is -0.600. The summed E-state index contributed by atoms with van der Waals surface area (Å²) in [5, 5.41) is 0.705. The fourth-order valence-electron chi connectivity index (χ4n) is 2.72. The number of halogens is 2. The summed E-state index contributed by atoms with van der Waals surface area (Å²) in [5.74, 6) is 0. The van der Waals surface area contributed by atoms with Crippen LogP contribution in [0.4, 0.5) is 4.39 Å². The van der Waals surface area contributed by atoms with E-state index in [-0.39, 0.29) is 5.41 Å². The molecule has 0 spiro atoms. The molecule has 1 aliphatic rings. The Kier molecular flexibility index (Phi) is 2.97. The molecule has 1 aromatic carbocycles. The molecule has 1 aliphatic carbocycles. The zero-order valence-electron chi connectivity index (χ0n) is 9.47. The lowest BCUT2D eigenvalue weighted by atomic mass is 9.78. The van der Waals surface area contributed by atoms with Gasteiger partial charge in [0.2, 0.25) is 0 Å². The Balaban J connectivity index is 2.33. The minimum Gasteiger partial charge on any atom is -0.330 e. The predicted molar refractivity (Wildman–Crippen MR) is 65.5 cm³/mol. The van der Waals surface area contributed by atoms with E-state index in [1.807, 2.05) is 24.3 Å². The van der Waals surface area contributed by atoms with Crippen LogP contribution in [0.3, 0.4) is 0 Å². The van der Waals surface area contributed by atoms with Gasteiger partial charge in [0.15, 0.2) is 0 Å². The summed E-state index contributed by atoms with van der Waals surface area (Å²) < 4.78 is 14.0. The molecular weight excluding hydrogens is 225 g/mol. The smallest absolute Gasteiger partial charge is 0.109 e. The molecular formula is C13H17ClFN. The second-order valence-electron chi connectivity index (χ2n) is 5.08. The van der Waals surface area contributed by atoms with Crippen molar-refractivity contribution in [3.05, 3.63) is 34.9 Å². The molecule has 2 atom stereocenters. The molecule has 0 radical (unpaired) electrons. The van der Waals surface area contributed by atoms with Gasteiger partial charge in [0.05, 0.1) is 0 Å². The Morgan fingerprint density at radius 1 is 1.31 bits per heavy atom. The molecule has 0 bridgehead atoms. The van der Waals surface area contributed by atoms with Gasteiger partial charge in [0.1, 0.15) is 5.67 Å². The van der Waals surface area contributed by atoms with E-state index in [1.54, 1.807) is 6.92 Å². The number of hydrogen-bond donors (Lipinski definition) is 1. The average molecular weight is 242 g/mol. The van der Waals surface area contributed by atoms with Crippen LogP contribution in [0.25, 0.3) is 0 Å². The molecule has 2 N–H and O–H groups in total. The quantitative estimate of drug-likeness (QED) is 0.843. The van der Waals surface area contributed by atoms with Gasteiger partial charge in [-0.2, -0.15) is 0 Å². The lowest BCUT2D eigenvalue weighted by molar-refractivity contribution is 0.187. The highest BCUT2D eigenvalue weighted by atomic mass is 35.5. The van der Waals surface area contributed by atoms with Crippen molar-refractivity contribution in [3.63, 3.8) is 0 Å². The van der Waals surface area contributed by atoms with Crippen LogP contribution in [0, 0.1) is 0 Å². The Morgan fingerprint density at radius 3 is 2.38 bits per heavy atom. The van der Waals surface area contributed by atoms with Gasteiger partial charge in [-0.3, -0.25) is 0 Å². The summed E-state index contributed by atoms with van der Waals surface area (Å²) in [6.45, 7) is 2.16. The van der Waals surface area contributed by atoms with Crippen LogP contribution < -0.4 is 5.73 Å². The third-order valence-corrected chi connectivity index (χ3v) is 3.93. The van der Waals surface area contributed by atoms with E-state index in [2.05, 4.69) is 0 Å². The molecule has 88 valence electrons. The van der Waals surface area contributed by atoms with Crippen molar-refractivity contribution in [2.24, 2.45) is 5.73 Å². The number of benzene rings is 1. The van der Waals surface area contributed by atoms with Gasteiger partial charge >= 0.3 is 0 Å². The summed E-state index contributed by atoms with van der Waals surface area (Å²) in [6.07, 6.45) is 1.92. The van der Waals surface area contributed by atoms with Gasteiger partial charge in [-0.05, 0) is 43.9 Å². The highest BCUT2D eigenvalue weighted by Gasteiger charge is 2.46. The van der Waals surface area contributed by atoms with Gasteiger partial charge in [0.25, 0.3) is 0 Å². The van der Waals surface area contributed by atoms with E-state index in [4.69, 9.17) is 17.3 Å². The third kappa shape index (κ3) is 2.09. The molecule has 1 fully saturated rings. The molecule has 16 heavy (non-hydrogen) atoms. The van der Waals surface area contributed by atoms with E-state index in [1.165, 1.54) is 0 Å². The lowest BCUT2D eigenvalue weighted by Gasteiger charge is -2.29. The largest absolute Gasteiger partial charge is 0.330 e. The van der Waals surface area contributed by atoms with Gasteiger partial charge in [-0.1, -0.05) is 23.7 Å². The number of alkyl halides is 1. The molecule has 1 aromatic rings. The highest BCUT2D eigenvalue weighted by Crippen LogP contribution is 2.47. The second kappa shape index (κ2) is 4.01. The first-order valence-electron chi connectivity index (χ1n) is 5.63. The Morgan fingerprint density at radius 2 is 1.94 bits per heavy atom. The van der Waals surface area contributed by atoms with Crippen LogP contribution >= 0.6 is 11.6 Å². The van der Waals surface area contributed by atoms with Crippen molar-refractivity contribution < 1.29 is 4.39 Å². The van der Waals surface area contributed by atoms with E-state index < -0.39 is 5.67 Å². The van der Waals surface area contributed by atoms with Gasteiger partial charge in [0, 0.05) is 17.0 Å². The molecule has 2 rings (SSSR count). The second-order valence-corrected chi connectivity index (χ2v) is 5.52. The van der Waals surface area contributed by atoms with Crippen LogP contribution in [0.1, 0.15) is 31.7 Å². The number of hydrogen-bond acceptors (Lipinski definition) is 1. The molecule has 0 aliphatic heterocycles. The van der Waals surface area contributed by atoms with Crippen LogP contribution in [0.15, 0.2) is 24.3 Å². The maximum absolute atomic E-state index is 14.0. The minimum atomic E-state index is -1.08. The third-order valence-electron chi connectivity index (χ3n) is 3.68. The Bertz CT molecular complexity index is 374. The molecule has 0 aromatic heterocycles. The van der Waals surface area contributed by atoms with Crippen molar-refractivity contribution in [3.8, 4) is 0 Å². The zero-order valence-corrected chi connectivity index (χ0v) is 10.2. The van der Waals surface area contributed by atoms with Crippen LogP contribution in [-0.2, 0) is 5.41 Å². The van der Waals surface area contributed by atoms with Crippen molar-refractivity contribution in [2.45, 2.75) is 37.3 Å². The minimum absolute atomic E-state index is 0.200. The van der Waals surface area contributed by atoms with Crippen molar-refractivity contribution >= 4 is 11.6 Å². The molecule has 1 nitrogen and oxygen atoms in total. The van der Waals surface area contributed by atoms with E-state index in [0.717, 1.165) is 12.0 Å². The summed E-state index contributed by atoms with van der Waals surface area (Å²) in [4.78, 5) is 0. The first kappa shape index (κ1) is 11.9. The average Bonchev–Trinajstić information content (AvgIpc) is 2.57. The fraction of sp³-hybridized carbons (Fsp3) is 0.538. The molecule has 1 saturated carbocycles. The summed E-state index contributed by atoms with van der Waals surface area (Å²) >= 11 is 5.86. The lowest BCUT2D eigenvalue weighted by Crippen LogP contribution is -2.34. The molecule has 3 heteroatoms. The molecule has 2 unspecified atom stereocenters. The van der Waals surface area contributed by atoms with Gasteiger partial charge in [-0.25, -0.2) is 4.39 Å². The predicted octanol–water partition coefficient (Wildman–Crippen LogP) is 3.45. The normalized spacial score (nSPS) is 34.2. The monoisotopic (exact) mass is 241 g/mol. The number of nitrogens with two attached hydrogens (primary N) is 1. The number of rotatable bonds is 2. The molecule has 0 amide bonds. The van der Waals surface area contributed by atoms with Gasteiger partial charge < -0.3 is 5.73 Å². The van der Waals surface area contributed by atoms with E-state index >= 15 is 0 Å². The van der Waals surface area contributed by atoms with Crippen molar-refractivity contribution in [2.75, 3.05) is 6.54 Å². The fourth-order valence-corrected chi connectivity index (χ4v) is 2.85. The highest BCUT2D eigenvalue weighted by molar-refractivity contribution is 6.30. The zero-order chi connectivity index (χ0) is 11.8.